The second-order valence-corrected chi connectivity index (χ2v) is 5.84. The number of aliphatic hydroxyl groups excluding tert-OH is 1. The monoisotopic (exact) mass is 318 g/mol. The fraction of sp³-hybridized carbons (Fsp3) is 0.471. The van der Waals surface area contributed by atoms with Crippen LogP contribution in [0, 0.1) is 0 Å². The first-order valence-corrected chi connectivity index (χ1v) is 7.95. The number of hydrogen-bond acceptors (Lipinski definition) is 5. The average Bonchev–Trinajstić information content (AvgIpc) is 3.14. The quantitative estimate of drug-likeness (QED) is 0.782. The van der Waals surface area contributed by atoms with Crippen LogP contribution in [-0.2, 0) is 4.79 Å². The van der Waals surface area contributed by atoms with Crippen molar-refractivity contribution >= 4 is 16.9 Å². The van der Waals surface area contributed by atoms with Crippen LogP contribution in [0.3, 0.4) is 0 Å². The van der Waals surface area contributed by atoms with E-state index < -0.39 is 6.10 Å². The molecule has 1 saturated heterocycles. The SMILES string of the molecule is CCOc1cccc2cc([C@H](C)NC(=O)[C@@H]3C[C@H](O)CN3)oc12. The summed E-state index contributed by atoms with van der Waals surface area (Å²) in [5.41, 5.74) is 0.694. The zero-order valence-corrected chi connectivity index (χ0v) is 13.3. The predicted molar refractivity (Wildman–Crippen MR) is 86.4 cm³/mol. The number of furan rings is 1. The predicted octanol–water partition coefficient (Wildman–Crippen LogP) is 1.73. The van der Waals surface area contributed by atoms with E-state index in [0.29, 0.717) is 36.7 Å². The summed E-state index contributed by atoms with van der Waals surface area (Å²) in [5, 5.41) is 16.4. The van der Waals surface area contributed by atoms with Crippen molar-refractivity contribution < 1.29 is 19.1 Å². The van der Waals surface area contributed by atoms with E-state index in [-0.39, 0.29) is 18.0 Å². The van der Waals surface area contributed by atoms with Gasteiger partial charge in [-0.3, -0.25) is 4.79 Å². The minimum Gasteiger partial charge on any atom is -0.490 e. The topological polar surface area (TPSA) is 83.7 Å². The van der Waals surface area contributed by atoms with Gasteiger partial charge in [0.05, 0.1) is 24.8 Å². The minimum atomic E-state index is -0.457. The Morgan fingerprint density at radius 2 is 2.39 bits per heavy atom. The van der Waals surface area contributed by atoms with Gasteiger partial charge in [0.2, 0.25) is 5.91 Å². The third-order valence-electron chi connectivity index (χ3n) is 4.04. The maximum Gasteiger partial charge on any atom is 0.237 e. The van der Waals surface area contributed by atoms with Crippen LogP contribution in [0.25, 0.3) is 11.0 Å². The fourth-order valence-electron chi connectivity index (χ4n) is 2.84. The van der Waals surface area contributed by atoms with Crippen molar-refractivity contribution in [2.75, 3.05) is 13.2 Å². The summed E-state index contributed by atoms with van der Waals surface area (Å²) in [6.45, 7) is 4.82. The second-order valence-electron chi connectivity index (χ2n) is 5.84. The molecule has 3 N–H and O–H groups in total. The molecule has 1 aliphatic heterocycles. The van der Waals surface area contributed by atoms with E-state index in [2.05, 4.69) is 10.6 Å². The van der Waals surface area contributed by atoms with E-state index in [1.807, 2.05) is 38.1 Å². The number of amides is 1. The van der Waals surface area contributed by atoms with Gasteiger partial charge < -0.3 is 24.9 Å². The molecule has 23 heavy (non-hydrogen) atoms. The molecule has 1 aromatic heterocycles. The molecule has 0 spiro atoms. The van der Waals surface area contributed by atoms with Gasteiger partial charge in [0.1, 0.15) is 5.76 Å². The van der Waals surface area contributed by atoms with Gasteiger partial charge in [0, 0.05) is 11.9 Å². The number of benzene rings is 1. The smallest absolute Gasteiger partial charge is 0.237 e. The van der Waals surface area contributed by atoms with E-state index in [4.69, 9.17) is 9.15 Å². The van der Waals surface area contributed by atoms with Gasteiger partial charge in [-0.05, 0) is 32.4 Å². The summed E-state index contributed by atoms with van der Waals surface area (Å²) >= 11 is 0. The lowest BCUT2D eigenvalue weighted by Crippen LogP contribution is -2.41. The lowest BCUT2D eigenvalue weighted by Gasteiger charge is -2.15. The van der Waals surface area contributed by atoms with E-state index in [0.717, 1.165) is 5.39 Å². The highest BCUT2D eigenvalue weighted by molar-refractivity contribution is 5.85. The number of fused-ring (bicyclic) bond motifs is 1. The van der Waals surface area contributed by atoms with Crippen LogP contribution in [0.4, 0.5) is 0 Å². The molecule has 0 saturated carbocycles. The third-order valence-corrected chi connectivity index (χ3v) is 4.04. The van der Waals surface area contributed by atoms with Crippen molar-refractivity contribution in [3.8, 4) is 5.75 Å². The molecule has 1 fully saturated rings. The molecule has 1 aliphatic rings. The Morgan fingerprint density at radius 1 is 1.57 bits per heavy atom. The summed E-state index contributed by atoms with van der Waals surface area (Å²) in [7, 11) is 0. The molecule has 2 aromatic rings. The van der Waals surface area contributed by atoms with Crippen molar-refractivity contribution in [2.24, 2.45) is 0 Å². The number of hydrogen-bond donors (Lipinski definition) is 3. The fourth-order valence-corrected chi connectivity index (χ4v) is 2.84. The van der Waals surface area contributed by atoms with Crippen LogP contribution in [-0.4, -0.2) is 36.3 Å². The zero-order valence-electron chi connectivity index (χ0n) is 13.3. The van der Waals surface area contributed by atoms with Crippen LogP contribution in [0.15, 0.2) is 28.7 Å². The third kappa shape index (κ3) is 3.33. The Labute approximate surface area is 134 Å². The van der Waals surface area contributed by atoms with Crippen LogP contribution >= 0.6 is 0 Å². The van der Waals surface area contributed by atoms with Gasteiger partial charge in [-0.1, -0.05) is 12.1 Å². The minimum absolute atomic E-state index is 0.125. The Kier molecular flexibility index (Phi) is 4.54. The number of aliphatic hydroxyl groups is 1. The highest BCUT2D eigenvalue weighted by Gasteiger charge is 2.29. The molecule has 0 bridgehead atoms. The molecule has 2 heterocycles. The summed E-state index contributed by atoms with van der Waals surface area (Å²) in [6.07, 6.45) is -0.0197. The molecule has 3 rings (SSSR count). The summed E-state index contributed by atoms with van der Waals surface area (Å²) in [5.74, 6) is 1.26. The van der Waals surface area contributed by atoms with E-state index in [1.54, 1.807) is 0 Å². The van der Waals surface area contributed by atoms with Crippen LogP contribution < -0.4 is 15.4 Å². The molecule has 0 unspecified atom stereocenters. The first kappa shape index (κ1) is 15.8. The molecule has 6 heteroatoms. The molecule has 6 nitrogen and oxygen atoms in total. The molecule has 1 aromatic carbocycles. The summed E-state index contributed by atoms with van der Waals surface area (Å²) in [4.78, 5) is 12.2. The molecular formula is C17H22N2O4. The molecule has 0 radical (unpaired) electrons. The van der Waals surface area contributed by atoms with Gasteiger partial charge in [0.25, 0.3) is 0 Å². The van der Waals surface area contributed by atoms with E-state index in [1.165, 1.54) is 0 Å². The lowest BCUT2D eigenvalue weighted by atomic mass is 10.1. The van der Waals surface area contributed by atoms with Crippen LogP contribution in [0.1, 0.15) is 32.1 Å². The standard InChI is InChI=1S/C17H22N2O4/c1-3-22-14-6-4-5-11-7-15(23-16(11)14)10(2)19-17(21)13-8-12(20)9-18-13/h4-7,10,12-13,18,20H,3,8-9H2,1-2H3,(H,19,21)/t10-,12-,13-/m0/s1. The van der Waals surface area contributed by atoms with Gasteiger partial charge in [-0.2, -0.15) is 0 Å². The number of rotatable bonds is 5. The largest absolute Gasteiger partial charge is 0.490 e. The highest BCUT2D eigenvalue weighted by atomic mass is 16.5. The zero-order chi connectivity index (χ0) is 16.4. The number of ether oxygens (including phenoxy) is 1. The molecule has 0 aliphatic carbocycles. The van der Waals surface area contributed by atoms with Crippen LogP contribution in [0.2, 0.25) is 0 Å². The number of carbonyl (C=O) groups is 1. The number of para-hydroxylation sites is 1. The molecule has 3 atom stereocenters. The number of nitrogens with one attached hydrogen (secondary N) is 2. The normalized spacial score (nSPS) is 22.2. The van der Waals surface area contributed by atoms with Gasteiger partial charge in [0.15, 0.2) is 11.3 Å². The number of β-amino-alcohol motifs (C(OH)–C–C–N with tert-alkyl or cyclic N) is 1. The Morgan fingerprint density at radius 3 is 3.09 bits per heavy atom. The Hall–Kier alpha value is -2.05. The summed E-state index contributed by atoms with van der Waals surface area (Å²) < 4.78 is 11.5. The Bertz CT molecular complexity index is 697. The van der Waals surface area contributed by atoms with Crippen molar-refractivity contribution in [1.82, 2.24) is 10.6 Å². The van der Waals surface area contributed by atoms with Crippen LogP contribution in [0.5, 0.6) is 5.75 Å². The van der Waals surface area contributed by atoms with Crippen molar-refractivity contribution in [1.29, 1.82) is 0 Å². The van der Waals surface area contributed by atoms with E-state index in [9.17, 15) is 9.90 Å². The first-order chi connectivity index (χ1) is 11.1. The van der Waals surface area contributed by atoms with Gasteiger partial charge in [-0.15, -0.1) is 0 Å². The van der Waals surface area contributed by atoms with Gasteiger partial charge in [-0.25, -0.2) is 0 Å². The second kappa shape index (κ2) is 6.60. The maximum absolute atomic E-state index is 12.2. The lowest BCUT2D eigenvalue weighted by molar-refractivity contribution is -0.123. The van der Waals surface area contributed by atoms with E-state index >= 15 is 0 Å². The molecular weight excluding hydrogens is 296 g/mol. The summed E-state index contributed by atoms with van der Waals surface area (Å²) in [6, 6.07) is 7.04. The van der Waals surface area contributed by atoms with Crippen molar-refractivity contribution in [2.45, 2.75) is 38.5 Å². The van der Waals surface area contributed by atoms with Gasteiger partial charge >= 0.3 is 0 Å². The Balaban J connectivity index is 1.74. The highest BCUT2D eigenvalue weighted by Crippen LogP contribution is 2.31. The molecule has 124 valence electrons. The molecule has 1 amide bonds. The number of carbonyl (C=O) groups excluding carboxylic acids is 1. The maximum atomic E-state index is 12.2. The van der Waals surface area contributed by atoms with Crippen molar-refractivity contribution in [3.05, 3.63) is 30.0 Å². The average molecular weight is 318 g/mol. The first-order valence-electron chi connectivity index (χ1n) is 7.95. The van der Waals surface area contributed by atoms with Crippen molar-refractivity contribution in [3.63, 3.8) is 0 Å².